The molecular weight excluding hydrogens is 535 g/mol. The van der Waals surface area contributed by atoms with Gasteiger partial charge in [-0.2, -0.15) is 0 Å². The molecule has 0 heterocycles. The van der Waals surface area contributed by atoms with E-state index in [1.54, 1.807) is 0 Å². The molecule has 0 rings (SSSR count). The van der Waals surface area contributed by atoms with Crippen molar-refractivity contribution in [1.29, 1.82) is 0 Å². The van der Waals surface area contributed by atoms with Gasteiger partial charge in [-0.1, -0.05) is 45.4 Å². The Kier molecular flexibility index (Phi) is 22.0. The zero-order valence-electron chi connectivity index (χ0n) is 17.9. The van der Waals surface area contributed by atoms with Crippen molar-refractivity contribution in [2.45, 2.75) is 129 Å². The molecule has 4 nitrogen and oxygen atoms in total. The van der Waals surface area contributed by atoms with E-state index in [1.807, 2.05) is 6.92 Å². The Labute approximate surface area is 181 Å². The van der Waals surface area contributed by atoms with Crippen LogP contribution in [0.2, 0.25) is 0 Å². The second-order valence-electron chi connectivity index (χ2n) is 7.48. The van der Waals surface area contributed by atoms with Crippen molar-refractivity contribution < 1.29 is 15.0 Å². The molecular formula is C22H42O4Pb. The average Bonchev–Trinajstić information content (AvgIpc) is 2.65. The minimum absolute atomic E-state index is 0.183. The molecule has 0 aliphatic carbocycles. The van der Waals surface area contributed by atoms with Gasteiger partial charge < -0.3 is 0 Å². The van der Waals surface area contributed by atoms with E-state index in [4.69, 9.17) is 5.37 Å². The molecule has 0 saturated carbocycles. The van der Waals surface area contributed by atoms with Crippen molar-refractivity contribution in [3.8, 4) is 0 Å². The van der Waals surface area contributed by atoms with Gasteiger partial charge in [0.25, 0.3) is 0 Å². The Bertz CT molecular complexity index is 347. The first-order valence-electron chi connectivity index (χ1n) is 11.3. The van der Waals surface area contributed by atoms with E-state index in [9.17, 15) is 9.59 Å². The van der Waals surface area contributed by atoms with Gasteiger partial charge in [0.2, 0.25) is 0 Å². The molecule has 2 radical (unpaired) electrons. The van der Waals surface area contributed by atoms with Gasteiger partial charge in [-0.05, 0) is 0 Å². The van der Waals surface area contributed by atoms with Crippen molar-refractivity contribution in [2.75, 3.05) is 0 Å². The van der Waals surface area contributed by atoms with Crippen molar-refractivity contribution in [3.05, 3.63) is 0 Å². The monoisotopic (exact) mass is 578 g/mol. The molecule has 158 valence electrons. The predicted octanol–water partition coefficient (Wildman–Crippen LogP) is 6.67. The van der Waals surface area contributed by atoms with Gasteiger partial charge in [0.1, 0.15) is 0 Å². The van der Waals surface area contributed by atoms with Crippen LogP contribution in [0.1, 0.15) is 129 Å². The molecule has 27 heavy (non-hydrogen) atoms. The second-order valence-corrected chi connectivity index (χ2v) is 9.72. The molecule has 0 aromatic heterocycles. The third-order valence-electron chi connectivity index (χ3n) is 4.75. The van der Waals surface area contributed by atoms with Gasteiger partial charge >= 0.3 is 136 Å². The summed E-state index contributed by atoms with van der Waals surface area (Å²) >= 11 is -1.96. The van der Waals surface area contributed by atoms with Gasteiger partial charge in [0, 0.05) is 0 Å². The van der Waals surface area contributed by atoms with E-state index < -0.39 is 25.1 Å². The second kappa shape index (κ2) is 22.2. The Morgan fingerprint density at radius 1 is 0.519 bits per heavy atom. The number of carbonyl (C=O) groups is 2. The summed E-state index contributed by atoms with van der Waals surface area (Å²) in [5.74, 6) is -0.405. The van der Waals surface area contributed by atoms with Crippen LogP contribution in [0.25, 0.3) is 0 Å². The maximum atomic E-state index is 11.6. The zero-order chi connectivity index (χ0) is 20.0. The molecule has 0 spiro atoms. The summed E-state index contributed by atoms with van der Waals surface area (Å²) in [6.07, 6.45) is 21.4. The van der Waals surface area contributed by atoms with Crippen LogP contribution < -0.4 is 0 Å². The Morgan fingerprint density at radius 2 is 0.889 bits per heavy atom. The quantitative estimate of drug-likeness (QED) is 0.120. The average molecular weight is 578 g/mol. The molecule has 0 aromatic rings. The summed E-state index contributed by atoms with van der Waals surface area (Å²) in [5, 5.41) is 0. The molecule has 5 heteroatoms. The van der Waals surface area contributed by atoms with Crippen LogP contribution in [0.3, 0.4) is 0 Å². The van der Waals surface area contributed by atoms with Gasteiger partial charge in [-0.15, -0.1) is 0 Å². The fraction of sp³-hybridized carbons (Fsp3) is 0.909. The van der Waals surface area contributed by atoms with Crippen LogP contribution in [0.4, 0.5) is 0 Å². The molecule has 0 amide bonds. The molecule has 0 aliphatic rings. The first-order valence-corrected chi connectivity index (χ1v) is 14.5. The van der Waals surface area contributed by atoms with Crippen molar-refractivity contribution >= 4 is 37.1 Å². The van der Waals surface area contributed by atoms with Crippen LogP contribution in [0, 0.1) is 0 Å². The third kappa shape index (κ3) is 22.0. The molecule has 0 N–H and O–H groups in total. The number of hydrogen-bond donors (Lipinski definition) is 0. The molecule has 0 aromatic carbocycles. The maximum absolute atomic E-state index is 11.6. The van der Waals surface area contributed by atoms with Crippen molar-refractivity contribution in [3.63, 3.8) is 0 Å². The standard InChI is InChI=1S/C18H36O2.C4H8O2.Pb/c1-2-3-4-5-6-7-8-9-10-11-12-13-14-15-16-17-18(19)20;1-2-3-4(5)6;/h2-17H2,1H3,(H,19,20);2-3H2,1H3,(H,5,6);/q;;+2/p-2. The summed E-state index contributed by atoms with van der Waals surface area (Å²) < 4.78 is 10.1. The molecule has 0 atom stereocenters. The summed E-state index contributed by atoms with van der Waals surface area (Å²) in [6, 6.07) is 0. The van der Waals surface area contributed by atoms with Gasteiger partial charge in [0.05, 0.1) is 0 Å². The van der Waals surface area contributed by atoms with E-state index in [0.29, 0.717) is 12.8 Å². The summed E-state index contributed by atoms with van der Waals surface area (Å²) in [7, 11) is 0. The Balaban J connectivity index is 3.18. The fourth-order valence-corrected chi connectivity index (χ4v) is 4.74. The molecule has 0 unspecified atom stereocenters. The van der Waals surface area contributed by atoms with Crippen molar-refractivity contribution in [2.24, 2.45) is 0 Å². The van der Waals surface area contributed by atoms with E-state index in [2.05, 4.69) is 6.92 Å². The number of carbonyl (C=O) groups excluding carboxylic acids is 2. The van der Waals surface area contributed by atoms with Crippen LogP contribution >= 0.6 is 0 Å². The van der Waals surface area contributed by atoms with E-state index >= 15 is 0 Å². The Morgan fingerprint density at radius 3 is 1.30 bits per heavy atom. The molecule has 0 aliphatic heterocycles. The summed E-state index contributed by atoms with van der Waals surface area (Å²) in [6.45, 7) is 4.20. The minimum atomic E-state index is -1.96. The predicted molar refractivity (Wildman–Crippen MR) is 112 cm³/mol. The third-order valence-corrected chi connectivity index (χ3v) is 7.17. The van der Waals surface area contributed by atoms with Crippen LogP contribution in [-0.4, -0.2) is 37.1 Å². The SMILES string of the molecule is CCCCCCCCCCCCCCCCCC(=O)[O][Pb][O]C(=O)CCC. The number of rotatable bonds is 20. The summed E-state index contributed by atoms with van der Waals surface area (Å²) in [5.41, 5.74) is 0. The van der Waals surface area contributed by atoms with Crippen LogP contribution in [0.15, 0.2) is 0 Å². The van der Waals surface area contributed by atoms with Gasteiger partial charge in [0.15, 0.2) is 0 Å². The van der Waals surface area contributed by atoms with E-state index in [1.165, 1.54) is 83.5 Å². The topological polar surface area (TPSA) is 52.6 Å². The van der Waals surface area contributed by atoms with Gasteiger partial charge in [-0.3, -0.25) is 0 Å². The van der Waals surface area contributed by atoms with Crippen molar-refractivity contribution in [1.82, 2.24) is 0 Å². The molecule has 0 saturated heterocycles. The molecule has 0 fully saturated rings. The zero-order valence-corrected chi connectivity index (χ0v) is 21.7. The molecule has 0 bridgehead atoms. The first-order chi connectivity index (χ1) is 13.2. The van der Waals surface area contributed by atoms with Crippen LogP contribution in [-0.2, 0) is 15.0 Å². The van der Waals surface area contributed by atoms with Crippen LogP contribution in [0.5, 0.6) is 0 Å². The number of hydrogen-bond acceptors (Lipinski definition) is 4. The number of unbranched alkanes of at least 4 members (excludes halogenated alkanes) is 14. The van der Waals surface area contributed by atoms with Gasteiger partial charge in [-0.25, -0.2) is 0 Å². The van der Waals surface area contributed by atoms with E-state index in [0.717, 1.165) is 19.3 Å². The normalized spacial score (nSPS) is 10.7. The van der Waals surface area contributed by atoms with E-state index in [-0.39, 0.29) is 11.9 Å². The fourth-order valence-electron chi connectivity index (χ4n) is 3.06. The summed E-state index contributed by atoms with van der Waals surface area (Å²) in [4.78, 5) is 22.7. The Hall–Kier alpha value is -0.138. The first kappa shape index (κ1) is 26.9.